The Labute approximate surface area is 181 Å². The molecule has 2 N–H and O–H groups in total. The summed E-state index contributed by atoms with van der Waals surface area (Å²) in [7, 11) is 1.82. The van der Waals surface area contributed by atoms with Gasteiger partial charge in [0, 0.05) is 70.3 Å². The number of nitrogens with zero attached hydrogens (tertiary/aromatic N) is 4. The molecule has 2 heterocycles. The van der Waals surface area contributed by atoms with Crippen LogP contribution in [0.3, 0.4) is 0 Å². The number of pyridine rings is 1. The Balaban J connectivity index is 1.24. The SMILES string of the molecule is CN=C(NCCCCN1CCN(c2cccc(C)c2)CC1)NCCc1ccccn1. The highest BCUT2D eigenvalue weighted by molar-refractivity contribution is 5.79. The van der Waals surface area contributed by atoms with Crippen molar-refractivity contribution in [3.8, 4) is 0 Å². The first-order valence-electron chi connectivity index (χ1n) is 11.1. The van der Waals surface area contributed by atoms with E-state index in [9.17, 15) is 0 Å². The lowest BCUT2D eigenvalue weighted by Crippen LogP contribution is -2.46. The second kappa shape index (κ2) is 12.2. The lowest BCUT2D eigenvalue weighted by Gasteiger charge is -2.36. The number of nitrogens with one attached hydrogen (secondary N) is 2. The van der Waals surface area contributed by atoms with E-state index in [4.69, 9.17) is 0 Å². The zero-order chi connectivity index (χ0) is 21.0. The van der Waals surface area contributed by atoms with E-state index in [0.29, 0.717) is 0 Å². The average molecular weight is 409 g/mol. The van der Waals surface area contributed by atoms with Crippen LogP contribution in [-0.2, 0) is 6.42 Å². The third-order valence-corrected chi connectivity index (χ3v) is 5.56. The molecule has 0 bridgehead atoms. The molecular formula is C24H36N6. The normalized spacial score (nSPS) is 15.3. The monoisotopic (exact) mass is 408 g/mol. The topological polar surface area (TPSA) is 55.8 Å². The maximum atomic E-state index is 4.35. The van der Waals surface area contributed by atoms with Gasteiger partial charge >= 0.3 is 0 Å². The summed E-state index contributed by atoms with van der Waals surface area (Å²) < 4.78 is 0. The van der Waals surface area contributed by atoms with Gasteiger partial charge in [0.25, 0.3) is 0 Å². The summed E-state index contributed by atoms with van der Waals surface area (Å²) in [5.41, 5.74) is 3.80. The largest absolute Gasteiger partial charge is 0.369 e. The number of guanidine groups is 1. The molecule has 1 aromatic carbocycles. The third kappa shape index (κ3) is 7.34. The molecule has 162 valence electrons. The Morgan fingerprint density at radius 3 is 2.57 bits per heavy atom. The summed E-state index contributed by atoms with van der Waals surface area (Å²) in [4.78, 5) is 13.8. The van der Waals surface area contributed by atoms with E-state index in [1.54, 1.807) is 0 Å². The molecule has 0 spiro atoms. The van der Waals surface area contributed by atoms with Crippen molar-refractivity contribution in [2.45, 2.75) is 26.2 Å². The number of hydrogen-bond donors (Lipinski definition) is 2. The minimum absolute atomic E-state index is 0.835. The molecule has 0 radical (unpaired) electrons. The number of anilines is 1. The summed E-state index contributed by atoms with van der Waals surface area (Å²) in [5.74, 6) is 0.873. The van der Waals surface area contributed by atoms with Gasteiger partial charge in [-0.1, -0.05) is 18.2 Å². The van der Waals surface area contributed by atoms with Crippen molar-refractivity contribution in [3.05, 3.63) is 59.9 Å². The zero-order valence-corrected chi connectivity index (χ0v) is 18.5. The molecule has 0 saturated carbocycles. The van der Waals surface area contributed by atoms with Crippen molar-refractivity contribution in [1.82, 2.24) is 20.5 Å². The van der Waals surface area contributed by atoms with Crippen LogP contribution < -0.4 is 15.5 Å². The third-order valence-electron chi connectivity index (χ3n) is 5.56. The van der Waals surface area contributed by atoms with Gasteiger partial charge in [-0.25, -0.2) is 0 Å². The molecule has 30 heavy (non-hydrogen) atoms. The first-order valence-corrected chi connectivity index (χ1v) is 11.1. The Bertz CT molecular complexity index is 768. The summed E-state index contributed by atoms with van der Waals surface area (Å²) in [6, 6.07) is 14.9. The van der Waals surface area contributed by atoms with Gasteiger partial charge in [0.05, 0.1) is 0 Å². The van der Waals surface area contributed by atoms with Crippen molar-refractivity contribution in [2.24, 2.45) is 4.99 Å². The van der Waals surface area contributed by atoms with Gasteiger partial charge in [0.1, 0.15) is 0 Å². The summed E-state index contributed by atoms with van der Waals surface area (Å²) in [6.45, 7) is 9.67. The van der Waals surface area contributed by atoms with Gasteiger partial charge in [-0.2, -0.15) is 0 Å². The van der Waals surface area contributed by atoms with Crippen LogP contribution in [0.25, 0.3) is 0 Å². The standard InChI is InChI=1S/C24H36N6/c1-21-8-7-10-23(20-21)30-18-16-29(17-19-30)15-6-5-13-27-24(25-2)28-14-11-22-9-3-4-12-26-22/h3-4,7-10,12,20H,5-6,11,13-19H2,1-2H3,(H2,25,27,28). The van der Waals surface area contributed by atoms with E-state index in [0.717, 1.165) is 63.8 Å². The Morgan fingerprint density at radius 2 is 1.83 bits per heavy atom. The van der Waals surface area contributed by atoms with Crippen molar-refractivity contribution >= 4 is 11.6 Å². The van der Waals surface area contributed by atoms with Gasteiger partial charge in [-0.3, -0.25) is 14.9 Å². The van der Waals surface area contributed by atoms with Gasteiger partial charge < -0.3 is 15.5 Å². The van der Waals surface area contributed by atoms with Gasteiger partial charge in [0.2, 0.25) is 0 Å². The number of rotatable bonds is 9. The predicted molar refractivity (Wildman–Crippen MR) is 126 cm³/mol. The maximum Gasteiger partial charge on any atom is 0.190 e. The van der Waals surface area contributed by atoms with Crippen LogP contribution in [0.4, 0.5) is 5.69 Å². The Kier molecular flexibility index (Phi) is 8.97. The number of aliphatic imine (C=N–C) groups is 1. The molecular weight excluding hydrogens is 372 g/mol. The Hall–Kier alpha value is -2.60. The summed E-state index contributed by atoms with van der Waals surface area (Å²) >= 11 is 0. The summed E-state index contributed by atoms with van der Waals surface area (Å²) in [6.07, 6.45) is 5.10. The maximum absolute atomic E-state index is 4.35. The average Bonchev–Trinajstić information content (AvgIpc) is 2.79. The molecule has 1 aliphatic rings. The minimum atomic E-state index is 0.835. The smallest absolute Gasteiger partial charge is 0.190 e. The quantitative estimate of drug-likeness (QED) is 0.380. The van der Waals surface area contributed by atoms with Crippen LogP contribution in [0.15, 0.2) is 53.7 Å². The molecule has 0 amide bonds. The van der Waals surface area contributed by atoms with E-state index >= 15 is 0 Å². The molecule has 1 saturated heterocycles. The molecule has 1 fully saturated rings. The van der Waals surface area contributed by atoms with E-state index in [1.165, 1.54) is 24.2 Å². The molecule has 2 aromatic rings. The number of piperazine rings is 1. The van der Waals surface area contributed by atoms with Crippen molar-refractivity contribution in [2.75, 3.05) is 57.8 Å². The summed E-state index contributed by atoms with van der Waals surface area (Å²) in [5, 5.41) is 6.78. The zero-order valence-electron chi connectivity index (χ0n) is 18.5. The number of aryl methyl sites for hydroxylation is 1. The van der Waals surface area contributed by atoms with Crippen molar-refractivity contribution < 1.29 is 0 Å². The number of unbranched alkanes of at least 4 members (excludes halogenated alkanes) is 1. The Morgan fingerprint density at radius 1 is 1.00 bits per heavy atom. The fourth-order valence-electron chi connectivity index (χ4n) is 3.80. The van der Waals surface area contributed by atoms with Crippen LogP contribution in [0.5, 0.6) is 0 Å². The van der Waals surface area contributed by atoms with Crippen molar-refractivity contribution in [1.29, 1.82) is 0 Å². The minimum Gasteiger partial charge on any atom is -0.369 e. The van der Waals surface area contributed by atoms with Crippen LogP contribution >= 0.6 is 0 Å². The molecule has 0 unspecified atom stereocenters. The molecule has 1 aliphatic heterocycles. The number of aromatic nitrogens is 1. The van der Waals surface area contributed by atoms with Crippen molar-refractivity contribution in [3.63, 3.8) is 0 Å². The van der Waals surface area contributed by atoms with Gasteiger partial charge in [0.15, 0.2) is 5.96 Å². The van der Waals surface area contributed by atoms with Crippen LogP contribution in [0, 0.1) is 6.92 Å². The first-order chi connectivity index (χ1) is 14.7. The van der Waals surface area contributed by atoms with Gasteiger partial charge in [-0.05, 0) is 56.1 Å². The van der Waals surface area contributed by atoms with E-state index < -0.39 is 0 Å². The van der Waals surface area contributed by atoms with E-state index in [2.05, 4.69) is 67.7 Å². The number of benzene rings is 1. The molecule has 0 aliphatic carbocycles. The predicted octanol–water partition coefficient (Wildman–Crippen LogP) is 2.70. The molecule has 1 aromatic heterocycles. The highest BCUT2D eigenvalue weighted by atomic mass is 15.3. The number of hydrogen-bond acceptors (Lipinski definition) is 4. The first kappa shape index (κ1) is 22.1. The van der Waals surface area contributed by atoms with Gasteiger partial charge in [-0.15, -0.1) is 0 Å². The highest BCUT2D eigenvalue weighted by Gasteiger charge is 2.16. The lowest BCUT2D eigenvalue weighted by molar-refractivity contribution is 0.253. The molecule has 6 heteroatoms. The second-order valence-corrected chi connectivity index (χ2v) is 7.87. The fourth-order valence-corrected chi connectivity index (χ4v) is 3.80. The highest BCUT2D eigenvalue weighted by Crippen LogP contribution is 2.17. The van der Waals surface area contributed by atoms with Crippen LogP contribution in [0.2, 0.25) is 0 Å². The second-order valence-electron chi connectivity index (χ2n) is 7.87. The lowest BCUT2D eigenvalue weighted by atomic mass is 10.2. The fraction of sp³-hybridized carbons (Fsp3) is 0.500. The van der Waals surface area contributed by atoms with Crippen LogP contribution in [-0.4, -0.2) is 68.7 Å². The molecule has 0 atom stereocenters. The van der Waals surface area contributed by atoms with E-state index in [1.807, 2.05) is 25.4 Å². The molecule has 3 rings (SSSR count). The van der Waals surface area contributed by atoms with E-state index in [-0.39, 0.29) is 0 Å². The van der Waals surface area contributed by atoms with Crippen LogP contribution in [0.1, 0.15) is 24.1 Å². The molecule has 6 nitrogen and oxygen atoms in total.